The predicted octanol–water partition coefficient (Wildman–Crippen LogP) is 2.54. The number of hydrogen-bond donors (Lipinski definition) is 2. The van der Waals surface area contributed by atoms with Crippen molar-refractivity contribution in [3.63, 3.8) is 0 Å². The third kappa shape index (κ3) is 2.62. The molecular formula is C13H15FN2O2. The molecule has 0 aliphatic rings. The Bertz CT molecular complexity index is 500. The number of hydrogen-bond acceptors (Lipinski definition) is 4. The van der Waals surface area contributed by atoms with Crippen molar-refractivity contribution < 1.29 is 13.5 Å². The fraction of sp³-hybridized carbons (Fsp3) is 0.231. The molecule has 1 atom stereocenters. The molecular weight excluding hydrogens is 235 g/mol. The highest BCUT2D eigenvalue weighted by Gasteiger charge is 2.13. The molecule has 3 N–H and O–H groups in total. The molecule has 18 heavy (non-hydrogen) atoms. The van der Waals surface area contributed by atoms with Crippen molar-refractivity contribution in [1.29, 1.82) is 0 Å². The number of rotatable bonds is 5. The minimum Gasteiger partial charge on any atom is -0.494 e. The molecule has 2 rings (SSSR count). The minimum atomic E-state index is -0.398. The molecule has 0 saturated carbocycles. The highest BCUT2D eigenvalue weighted by Crippen LogP contribution is 2.25. The van der Waals surface area contributed by atoms with Gasteiger partial charge < -0.3 is 20.2 Å². The minimum absolute atomic E-state index is 0.157. The van der Waals surface area contributed by atoms with E-state index < -0.39 is 5.82 Å². The van der Waals surface area contributed by atoms with E-state index in [0.717, 1.165) is 11.4 Å². The molecule has 1 unspecified atom stereocenters. The number of ether oxygens (including phenoxy) is 1. The van der Waals surface area contributed by atoms with E-state index in [1.54, 1.807) is 24.5 Å². The first-order valence-corrected chi connectivity index (χ1v) is 5.58. The lowest BCUT2D eigenvalue weighted by atomic mass is 10.2. The molecule has 1 aromatic heterocycles. The standard InChI is InChI=1S/C13H15FN2O2/c1-17-13-7-9(4-5-10(13)14)16-11(8-15)12-3-2-6-18-12/h2-7,11,16H,8,15H2,1H3. The second-order valence-corrected chi connectivity index (χ2v) is 3.80. The molecule has 0 spiro atoms. The Morgan fingerprint density at radius 2 is 2.28 bits per heavy atom. The number of furan rings is 1. The van der Waals surface area contributed by atoms with Crippen LogP contribution >= 0.6 is 0 Å². The van der Waals surface area contributed by atoms with Crippen molar-refractivity contribution in [2.24, 2.45) is 5.73 Å². The third-order valence-electron chi connectivity index (χ3n) is 2.61. The summed E-state index contributed by atoms with van der Waals surface area (Å²) in [7, 11) is 1.43. The SMILES string of the molecule is COc1cc(NC(CN)c2ccco2)ccc1F. The van der Waals surface area contributed by atoms with E-state index in [4.69, 9.17) is 14.9 Å². The van der Waals surface area contributed by atoms with Crippen LogP contribution in [0, 0.1) is 5.82 Å². The van der Waals surface area contributed by atoms with Gasteiger partial charge in [0.2, 0.25) is 0 Å². The molecule has 1 heterocycles. The van der Waals surface area contributed by atoms with Gasteiger partial charge in [-0.15, -0.1) is 0 Å². The first kappa shape index (κ1) is 12.4. The van der Waals surface area contributed by atoms with Gasteiger partial charge in [0.25, 0.3) is 0 Å². The lowest BCUT2D eigenvalue weighted by molar-refractivity contribution is 0.386. The summed E-state index contributed by atoms with van der Waals surface area (Å²) in [6, 6.07) is 8.03. The number of nitrogens with two attached hydrogens (primary N) is 1. The number of methoxy groups -OCH3 is 1. The molecule has 0 bridgehead atoms. The van der Waals surface area contributed by atoms with Crippen molar-refractivity contribution in [3.05, 3.63) is 48.2 Å². The van der Waals surface area contributed by atoms with Crippen molar-refractivity contribution in [3.8, 4) is 5.75 Å². The monoisotopic (exact) mass is 250 g/mol. The lowest BCUT2D eigenvalue weighted by Crippen LogP contribution is -2.20. The summed E-state index contributed by atoms with van der Waals surface area (Å²) in [6.45, 7) is 0.368. The first-order chi connectivity index (χ1) is 8.74. The summed E-state index contributed by atoms with van der Waals surface area (Å²) < 4.78 is 23.5. The van der Waals surface area contributed by atoms with Crippen LogP contribution in [0.3, 0.4) is 0 Å². The zero-order chi connectivity index (χ0) is 13.0. The molecule has 0 amide bonds. The average molecular weight is 250 g/mol. The van der Waals surface area contributed by atoms with E-state index in [9.17, 15) is 4.39 Å². The number of anilines is 1. The Balaban J connectivity index is 2.17. The normalized spacial score (nSPS) is 12.2. The average Bonchev–Trinajstić information content (AvgIpc) is 2.91. The van der Waals surface area contributed by atoms with Gasteiger partial charge in [0.1, 0.15) is 5.76 Å². The molecule has 0 saturated heterocycles. The summed E-state index contributed by atoms with van der Waals surface area (Å²) in [5.41, 5.74) is 6.41. The van der Waals surface area contributed by atoms with E-state index >= 15 is 0 Å². The quantitative estimate of drug-likeness (QED) is 0.856. The zero-order valence-corrected chi connectivity index (χ0v) is 10.0. The van der Waals surface area contributed by atoms with Gasteiger partial charge in [-0.05, 0) is 24.3 Å². The summed E-state index contributed by atoms with van der Waals surface area (Å²) in [5.74, 6) is 0.529. The molecule has 96 valence electrons. The third-order valence-corrected chi connectivity index (χ3v) is 2.61. The molecule has 1 aromatic carbocycles. The van der Waals surface area contributed by atoms with E-state index in [0.29, 0.717) is 6.54 Å². The summed E-state index contributed by atoms with van der Waals surface area (Å²) in [4.78, 5) is 0. The number of nitrogens with one attached hydrogen (secondary N) is 1. The van der Waals surface area contributed by atoms with Crippen LogP contribution in [0.4, 0.5) is 10.1 Å². The highest BCUT2D eigenvalue weighted by atomic mass is 19.1. The van der Waals surface area contributed by atoms with E-state index in [2.05, 4.69) is 5.32 Å². The fourth-order valence-corrected chi connectivity index (χ4v) is 1.69. The van der Waals surface area contributed by atoms with Crippen LogP contribution < -0.4 is 15.8 Å². The number of halogens is 1. The van der Waals surface area contributed by atoms with E-state index in [1.807, 2.05) is 6.07 Å². The van der Waals surface area contributed by atoms with E-state index in [1.165, 1.54) is 13.2 Å². The Hall–Kier alpha value is -2.01. The number of benzene rings is 1. The molecule has 0 aliphatic carbocycles. The van der Waals surface area contributed by atoms with Gasteiger partial charge in [0, 0.05) is 18.3 Å². The summed E-state index contributed by atoms with van der Waals surface area (Å²) in [6.07, 6.45) is 1.59. The second kappa shape index (κ2) is 5.55. The Labute approximate surface area is 105 Å². The van der Waals surface area contributed by atoms with Gasteiger partial charge in [0.15, 0.2) is 11.6 Å². The Morgan fingerprint density at radius 3 is 2.89 bits per heavy atom. The van der Waals surface area contributed by atoms with Gasteiger partial charge in [-0.2, -0.15) is 0 Å². The van der Waals surface area contributed by atoms with Crippen LogP contribution in [0.5, 0.6) is 5.75 Å². The molecule has 0 radical (unpaired) electrons. The topological polar surface area (TPSA) is 60.4 Å². The van der Waals surface area contributed by atoms with Gasteiger partial charge in [-0.3, -0.25) is 0 Å². The summed E-state index contributed by atoms with van der Waals surface area (Å²) >= 11 is 0. The van der Waals surface area contributed by atoms with Crippen LogP contribution in [0.1, 0.15) is 11.8 Å². The second-order valence-electron chi connectivity index (χ2n) is 3.80. The van der Waals surface area contributed by atoms with Gasteiger partial charge in [0.05, 0.1) is 19.4 Å². The van der Waals surface area contributed by atoms with E-state index in [-0.39, 0.29) is 11.8 Å². The van der Waals surface area contributed by atoms with Gasteiger partial charge in [-0.1, -0.05) is 0 Å². The van der Waals surface area contributed by atoms with Crippen LogP contribution in [-0.2, 0) is 0 Å². The Morgan fingerprint density at radius 1 is 1.44 bits per heavy atom. The van der Waals surface area contributed by atoms with Crippen molar-refractivity contribution in [2.75, 3.05) is 19.0 Å². The maximum Gasteiger partial charge on any atom is 0.165 e. The van der Waals surface area contributed by atoms with Gasteiger partial charge >= 0.3 is 0 Å². The fourth-order valence-electron chi connectivity index (χ4n) is 1.69. The molecule has 5 heteroatoms. The first-order valence-electron chi connectivity index (χ1n) is 5.58. The van der Waals surface area contributed by atoms with Crippen molar-refractivity contribution >= 4 is 5.69 Å². The van der Waals surface area contributed by atoms with Crippen LogP contribution in [0.2, 0.25) is 0 Å². The molecule has 0 aliphatic heterocycles. The van der Waals surface area contributed by atoms with Crippen molar-refractivity contribution in [2.45, 2.75) is 6.04 Å². The molecule has 4 nitrogen and oxygen atoms in total. The smallest absolute Gasteiger partial charge is 0.165 e. The van der Waals surface area contributed by atoms with Crippen molar-refractivity contribution in [1.82, 2.24) is 0 Å². The highest BCUT2D eigenvalue weighted by molar-refractivity contribution is 5.50. The maximum atomic E-state index is 13.3. The lowest BCUT2D eigenvalue weighted by Gasteiger charge is -2.16. The predicted molar refractivity (Wildman–Crippen MR) is 67.1 cm³/mol. The zero-order valence-electron chi connectivity index (χ0n) is 10.0. The van der Waals surface area contributed by atoms with Crippen LogP contribution in [0.15, 0.2) is 41.0 Å². The largest absolute Gasteiger partial charge is 0.494 e. The van der Waals surface area contributed by atoms with Crippen LogP contribution in [-0.4, -0.2) is 13.7 Å². The van der Waals surface area contributed by atoms with Gasteiger partial charge in [-0.25, -0.2) is 4.39 Å². The molecule has 2 aromatic rings. The van der Waals surface area contributed by atoms with Crippen LogP contribution in [0.25, 0.3) is 0 Å². The summed E-state index contributed by atoms with van der Waals surface area (Å²) in [5, 5.41) is 3.17. The Kier molecular flexibility index (Phi) is 3.84. The molecule has 0 fully saturated rings. The maximum absolute atomic E-state index is 13.3.